The molecular formula is C34H38N4O4. The van der Waals surface area contributed by atoms with E-state index in [9.17, 15) is 9.90 Å². The number of rotatable bonds is 9. The second kappa shape index (κ2) is 12.5. The summed E-state index contributed by atoms with van der Waals surface area (Å²) < 4.78 is 6.60. The number of carbonyl (C=O) groups is 1. The zero-order valence-electron chi connectivity index (χ0n) is 23.9. The van der Waals surface area contributed by atoms with Crippen molar-refractivity contribution in [2.45, 2.75) is 57.0 Å². The fraction of sp³-hybridized carbons (Fsp3) is 0.382. The molecule has 3 aliphatic heterocycles. The van der Waals surface area contributed by atoms with Crippen molar-refractivity contribution in [3.63, 3.8) is 0 Å². The van der Waals surface area contributed by atoms with Crippen molar-refractivity contribution in [3.05, 3.63) is 107 Å². The van der Waals surface area contributed by atoms with E-state index in [0.29, 0.717) is 38.4 Å². The number of carboxylic acid groups (broad SMARTS) is 1. The molecule has 0 aliphatic carbocycles. The summed E-state index contributed by atoms with van der Waals surface area (Å²) in [5, 5.41) is 22.5. The fourth-order valence-corrected chi connectivity index (χ4v) is 6.34. The van der Waals surface area contributed by atoms with E-state index in [1.807, 2.05) is 47.4 Å². The Balaban J connectivity index is 1.07. The summed E-state index contributed by atoms with van der Waals surface area (Å²) in [5.74, 6) is -0.252. The summed E-state index contributed by atoms with van der Waals surface area (Å²) in [7, 11) is 0. The van der Waals surface area contributed by atoms with Crippen molar-refractivity contribution in [1.29, 1.82) is 5.41 Å². The molecule has 3 heterocycles. The zero-order chi connectivity index (χ0) is 28.9. The number of piperidine rings is 1. The van der Waals surface area contributed by atoms with Crippen molar-refractivity contribution in [2.24, 2.45) is 5.16 Å². The van der Waals surface area contributed by atoms with Crippen molar-refractivity contribution >= 4 is 17.5 Å². The molecule has 3 aromatic rings. The molecule has 1 saturated heterocycles. The molecule has 1 atom stereocenters. The van der Waals surface area contributed by atoms with Gasteiger partial charge in [0.1, 0.15) is 11.9 Å². The molecule has 218 valence electrons. The summed E-state index contributed by atoms with van der Waals surface area (Å²) in [5.41, 5.74) is 6.21. The Morgan fingerprint density at radius 3 is 2.43 bits per heavy atom. The standard InChI is InChI=1S/C34H38N4O4/c35-33(38-17-14-26-8-4-5-9-29(26)22-38)28-12-10-27(11-13-28)31-20-30(42-36-31)21-34(41-24-25-6-2-1-3-7-25)15-18-37(19-16-34)23-32(39)40/h1-13,30,35H,14-24H2,(H,39,40). The number of hydrogen-bond acceptors (Lipinski definition) is 6. The minimum atomic E-state index is -0.799. The first-order valence-electron chi connectivity index (χ1n) is 14.8. The van der Waals surface area contributed by atoms with Gasteiger partial charge in [-0.2, -0.15) is 0 Å². The lowest BCUT2D eigenvalue weighted by Crippen LogP contribution is -2.49. The molecule has 1 unspecified atom stereocenters. The van der Waals surface area contributed by atoms with E-state index in [-0.39, 0.29) is 12.6 Å². The van der Waals surface area contributed by atoms with Gasteiger partial charge in [0, 0.05) is 44.6 Å². The molecule has 42 heavy (non-hydrogen) atoms. The first-order chi connectivity index (χ1) is 20.5. The predicted molar refractivity (Wildman–Crippen MR) is 162 cm³/mol. The smallest absolute Gasteiger partial charge is 0.317 e. The van der Waals surface area contributed by atoms with E-state index in [1.165, 1.54) is 11.1 Å². The van der Waals surface area contributed by atoms with Crippen molar-refractivity contribution < 1.29 is 19.5 Å². The zero-order valence-corrected chi connectivity index (χ0v) is 23.9. The van der Waals surface area contributed by atoms with Gasteiger partial charge in [-0.15, -0.1) is 0 Å². The van der Waals surface area contributed by atoms with Crippen LogP contribution in [0.3, 0.4) is 0 Å². The highest BCUT2D eigenvalue weighted by molar-refractivity contribution is 6.03. The summed E-state index contributed by atoms with van der Waals surface area (Å²) in [4.78, 5) is 21.3. The summed E-state index contributed by atoms with van der Waals surface area (Å²) in [6.45, 7) is 3.54. The molecule has 3 aromatic carbocycles. The molecule has 0 amide bonds. The van der Waals surface area contributed by atoms with Crippen LogP contribution in [0.5, 0.6) is 0 Å². The van der Waals surface area contributed by atoms with Gasteiger partial charge >= 0.3 is 5.97 Å². The van der Waals surface area contributed by atoms with Crippen LogP contribution in [0.2, 0.25) is 0 Å². The van der Waals surface area contributed by atoms with E-state index in [0.717, 1.165) is 54.8 Å². The average molecular weight is 567 g/mol. The van der Waals surface area contributed by atoms with Crippen LogP contribution in [0, 0.1) is 5.41 Å². The minimum absolute atomic E-state index is 0.0560. The van der Waals surface area contributed by atoms with Crippen LogP contribution in [-0.2, 0) is 33.9 Å². The minimum Gasteiger partial charge on any atom is -0.480 e. The van der Waals surface area contributed by atoms with E-state index in [1.54, 1.807) is 0 Å². The topological polar surface area (TPSA) is 98.5 Å². The predicted octanol–water partition coefficient (Wildman–Crippen LogP) is 5.09. The molecule has 0 saturated carbocycles. The van der Waals surface area contributed by atoms with Gasteiger partial charge in [0.25, 0.3) is 0 Å². The fourth-order valence-electron chi connectivity index (χ4n) is 6.34. The van der Waals surface area contributed by atoms with Gasteiger partial charge in [-0.05, 0) is 41.5 Å². The number of aliphatic carboxylic acids is 1. The number of carboxylic acids is 1. The van der Waals surface area contributed by atoms with Crippen LogP contribution in [0.15, 0.2) is 84.0 Å². The molecule has 2 N–H and O–H groups in total. The molecule has 1 fully saturated rings. The van der Waals surface area contributed by atoms with Gasteiger partial charge in [0.15, 0.2) is 0 Å². The Labute approximate surface area is 247 Å². The molecular weight excluding hydrogens is 528 g/mol. The maximum atomic E-state index is 11.3. The normalized spacial score (nSPS) is 20.0. The van der Waals surface area contributed by atoms with Gasteiger partial charge in [-0.3, -0.25) is 15.1 Å². The van der Waals surface area contributed by atoms with Crippen LogP contribution >= 0.6 is 0 Å². The Kier molecular flexibility index (Phi) is 8.35. The SMILES string of the molecule is N=C(c1ccc(C2=NOC(CC3(OCc4ccccc4)CCN(CC(=O)O)CC3)C2)cc1)N1CCc2ccccc2C1. The molecule has 6 rings (SSSR count). The maximum absolute atomic E-state index is 11.3. The summed E-state index contributed by atoms with van der Waals surface area (Å²) in [6, 6.07) is 26.7. The third-order valence-electron chi connectivity index (χ3n) is 8.79. The summed E-state index contributed by atoms with van der Waals surface area (Å²) >= 11 is 0. The van der Waals surface area contributed by atoms with Crippen LogP contribution < -0.4 is 0 Å². The van der Waals surface area contributed by atoms with E-state index in [4.69, 9.17) is 15.0 Å². The van der Waals surface area contributed by atoms with Crippen LogP contribution in [0.25, 0.3) is 0 Å². The van der Waals surface area contributed by atoms with E-state index >= 15 is 0 Å². The van der Waals surface area contributed by atoms with Crippen molar-refractivity contribution in [2.75, 3.05) is 26.2 Å². The largest absolute Gasteiger partial charge is 0.480 e. The molecule has 0 aromatic heterocycles. The second-order valence-corrected chi connectivity index (χ2v) is 11.7. The molecule has 0 spiro atoms. The van der Waals surface area contributed by atoms with E-state index < -0.39 is 11.6 Å². The number of hydrogen-bond donors (Lipinski definition) is 2. The van der Waals surface area contributed by atoms with Crippen molar-refractivity contribution in [3.8, 4) is 0 Å². The first-order valence-corrected chi connectivity index (χ1v) is 14.8. The van der Waals surface area contributed by atoms with Crippen LogP contribution in [0.1, 0.15) is 53.5 Å². The lowest BCUT2D eigenvalue weighted by molar-refractivity contribution is -0.143. The number of nitrogens with one attached hydrogen (secondary N) is 1. The van der Waals surface area contributed by atoms with Crippen LogP contribution in [-0.4, -0.2) is 70.3 Å². The second-order valence-electron chi connectivity index (χ2n) is 11.7. The highest BCUT2D eigenvalue weighted by atomic mass is 16.6. The lowest BCUT2D eigenvalue weighted by atomic mass is 9.84. The Bertz CT molecular complexity index is 1430. The van der Waals surface area contributed by atoms with E-state index in [2.05, 4.69) is 46.5 Å². The number of amidine groups is 1. The number of oxime groups is 1. The highest BCUT2D eigenvalue weighted by Gasteiger charge is 2.40. The Morgan fingerprint density at radius 2 is 1.69 bits per heavy atom. The molecule has 0 radical (unpaired) electrons. The lowest BCUT2D eigenvalue weighted by Gasteiger charge is -2.42. The number of ether oxygens (including phenoxy) is 1. The highest BCUT2D eigenvalue weighted by Crippen LogP contribution is 2.35. The quantitative estimate of drug-likeness (QED) is 0.277. The first kappa shape index (κ1) is 28.1. The number of nitrogens with zero attached hydrogens (tertiary/aromatic N) is 3. The third-order valence-corrected chi connectivity index (χ3v) is 8.79. The number of likely N-dealkylation sites (tertiary alicyclic amines) is 1. The summed E-state index contributed by atoms with van der Waals surface area (Å²) in [6.07, 6.45) is 3.75. The Morgan fingerprint density at radius 1 is 0.976 bits per heavy atom. The van der Waals surface area contributed by atoms with Crippen LogP contribution in [0.4, 0.5) is 0 Å². The third kappa shape index (κ3) is 6.55. The molecule has 3 aliphatic rings. The monoisotopic (exact) mass is 566 g/mol. The number of fused-ring (bicyclic) bond motifs is 1. The van der Waals surface area contributed by atoms with Crippen molar-refractivity contribution in [1.82, 2.24) is 9.80 Å². The van der Waals surface area contributed by atoms with Gasteiger partial charge in [-0.25, -0.2) is 0 Å². The number of benzene rings is 3. The van der Waals surface area contributed by atoms with Gasteiger partial charge < -0.3 is 19.6 Å². The van der Waals surface area contributed by atoms with Gasteiger partial charge in [-0.1, -0.05) is 84.0 Å². The van der Waals surface area contributed by atoms with Gasteiger partial charge in [0.05, 0.1) is 24.5 Å². The molecule has 0 bridgehead atoms. The molecule has 8 nitrogen and oxygen atoms in total. The van der Waals surface area contributed by atoms with Gasteiger partial charge in [0.2, 0.25) is 0 Å². The average Bonchev–Trinajstić information content (AvgIpc) is 3.49. The Hall–Kier alpha value is -4.01. The molecule has 8 heteroatoms. The maximum Gasteiger partial charge on any atom is 0.317 e.